The van der Waals surface area contributed by atoms with E-state index in [-0.39, 0.29) is 0 Å². The molecule has 19 heavy (non-hydrogen) atoms. The molecule has 0 aromatic carbocycles. The van der Waals surface area contributed by atoms with Gasteiger partial charge in [0.05, 0.1) is 12.1 Å². The van der Waals surface area contributed by atoms with Crippen molar-refractivity contribution in [1.82, 2.24) is 10.6 Å². The number of aliphatic imine (C=N–C) groups is 1. The van der Waals surface area contributed by atoms with Crippen molar-refractivity contribution in [2.24, 2.45) is 4.99 Å². The van der Waals surface area contributed by atoms with Crippen LogP contribution < -0.4 is 10.6 Å². The van der Waals surface area contributed by atoms with E-state index >= 15 is 0 Å². The van der Waals surface area contributed by atoms with Crippen LogP contribution in [0.3, 0.4) is 0 Å². The largest absolute Gasteiger partial charge is 0.387 e. The molecule has 2 rings (SSSR count). The molecule has 6 heteroatoms. The van der Waals surface area contributed by atoms with Crippen molar-refractivity contribution in [2.75, 3.05) is 24.6 Å². The van der Waals surface area contributed by atoms with E-state index in [1.807, 2.05) is 24.8 Å². The third kappa shape index (κ3) is 4.71. The number of thiophene rings is 1. The Bertz CT molecular complexity index is 400. The lowest BCUT2D eigenvalue weighted by Gasteiger charge is -2.23. The van der Waals surface area contributed by atoms with Gasteiger partial charge in [-0.15, -0.1) is 11.3 Å². The Balaban J connectivity index is 1.86. The van der Waals surface area contributed by atoms with Crippen LogP contribution in [-0.2, 0) is 6.54 Å². The molecule has 0 spiro atoms. The van der Waals surface area contributed by atoms with Gasteiger partial charge in [0.1, 0.15) is 0 Å². The topological polar surface area (TPSA) is 56.7 Å². The minimum atomic E-state index is -0.580. The maximum atomic E-state index is 10.3. The number of aliphatic hydroxyl groups is 1. The molecule has 2 heterocycles. The monoisotopic (exact) mass is 299 g/mol. The minimum Gasteiger partial charge on any atom is -0.387 e. The zero-order valence-electron chi connectivity index (χ0n) is 11.2. The summed E-state index contributed by atoms with van der Waals surface area (Å²) in [6.07, 6.45) is 0.856. The van der Waals surface area contributed by atoms with Crippen LogP contribution in [0.15, 0.2) is 22.5 Å². The first-order valence-corrected chi connectivity index (χ1v) is 8.60. The maximum Gasteiger partial charge on any atom is 0.191 e. The van der Waals surface area contributed by atoms with E-state index in [9.17, 15) is 5.11 Å². The number of nitrogens with zero attached hydrogens (tertiary/aromatic N) is 1. The lowest BCUT2D eigenvalue weighted by molar-refractivity contribution is 0.0724. The van der Waals surface area contributed by atoms with Crippen LogP contribution in [0.1, 0.15) is 18.2 Å². The lowest BCUT2D eigenvalue weighted by Crippen LogP contribution is -2.47. The number of thioether (sulfide) groups is 1. The van der Waals surface area contributed by atoms with Crippen LogP contribution >= 0.6 is 23.1 Å². The van der Waals surface area contributed by atoms with Crippen molar-refractivity contribution < 1.29 is 5.11 Å². The summed E-state index contributed by atoms with van der Waals surface area (Å²) in [7, 11) is 0. The fraction of sp³-hybridized carbons (Fsp3) is 0.615. The number of nitrogens with one attached hydrogen (secondary N) is 2. The molecule has 0 radical (unpaired) electrons. The van der Waals surface area contributed by atoms with Crippen LogP contribution in [0.2, 0.25) is 0 Å². The normalized spacial score (nSPS) is 23.6. The van der Waals surface area contributed by atoms with Gasteiger partial charge in [0.15, 0.2) is 5.96 Å². The van der Waals surface area contributed by atoms with Crippen LogP contribution in [0, 0.1) is 0 Å². The molecule has 1 aliphatic heterocycles. The molecule has 106 valence electrons. The number of hydrogen-bond donors (Lipinski definition) is 3. The summed E-state index contributed by atoms with van der Waals surface area (Å²) in [5.74, 6) is 2.63. The summed E-state index contributed by atoms with van der Waals surface area (Å²) < 4.78 is 0. The van der Waals surface area contributed by atoms with E-state index in [2.05, 4.69) is 27.1 Å². The first-order valence-electron chi connectivity index (χ1n) is 6.56. The third-order valence-electron chi connectivity index (χ3n) is 2.98. The summed E-state index contributed by atoms with van der Waals surface area (Å²) in [4.78, 5) is 5.78. The summed E-state index contributed by atoms with van der Waals surface area (Å²) in [5.41, 5.74) is -0.580. The van der Waals surface area contributed by atoms with Crippen molar-refractivity contribution in [3.05, 3.63) is 22.4 Å². The van der Waals surface area contributed by atoms with Crippen molar-refractivity contribution in [3.63, 3.8) is 0 Å². The van der Waals surface area contributed by atoms with Gasteiger partial charge < -0.3 is 15.7 Å². The minimum absolute atomic E-state index is 0.566. The second kappa shape index (κ2) is 7.17. The van der Waals surface area contributed by atoms with E-state index < -0.39 is 5.60 Å². The van der Waals surface area contributed by atoms with Crippen molar-refractivity contribution >= 4 is 29.1 Å². The fourth-order valence-corrected chi connectivity index (χ4v) is 3.81. The summed E-state index contributed by atoms with van der Waals surface area (Å²) in [6.45, 7) is 4.11. The van der Waals surface area contributed by atoms with Gasteiger partial charge in [-0.05, 0) is 30.5 Å². The van der Waals surface area contributed by atoms with E-state index in [4.69, 9.17) is 0 Å². The molecule has 0 amide bonds. The SMILES string of the molecule is CCNC(=NCc1cccs1)NCC1(O)CCSC1. The van der Waals surface area contributed by atoms with Crippen LogP contribution in [0.25, 0.3) is 0 Å². The first kappa shape index (κ1) is 14.7. The molecule has 0 saturated carbocycles. The van der Waals surface area contributed by atoms with Crippen LogP contribution in [0.5, 0.6) is 0 Å². The third-order valence-corrected chi connectivity index (χ3v) is 5.08. The predicted molar refractivity (Wildman–Crippen MR) is 84.0 cm³/mol. The Labute approximate surface area is 122 Å². The molecular weight excluding hydrogens is 278 g/mol. The van der Waals surface area contributed by atoms with Gasteiger partial charge in [0.25, 0.3) is 0 Å². The summed E-state index contributed by atoms with van der Waals surface area (Å²) in [6, 6.07) is 4.12. The van der Waals surface area contributed by atoms with Gasteiger partial charge in [0.2, 0.25) is 0 Å². The number of guanidine groups is 1. The molecular formula is C13H21N3OS2. The van der Waals surface area contributed by atoms with E-state index in [1.54, 1.807) is 11.3 Å². The number of hydrogen-bond acceptors (Lipinski definition) is 4. The van der Waals surface area contributed by atoms with Gasteiger partial charge in [-0.25, -0.2) is 4.99 Å². The predicted octanol–water partition coefficient (Wildman–Crippen LogP) is 1.67. The summed E-state index contributed by atoms with van der Waals surface area (Å²) >= 11 is 3.52. The van der Waals surface area contributed by atoms with Gasteiger partial charge in [-0.3, -0.25) is 0 Å². The van der Waals surface area contributed by atoms with Gasteiger partial charge in [-0.2, -0.15) is 11.8 Å². The molecule has 1 aromatic heterocycles. The van der Waals surface area contributed by atoms with E-state index in [0.29, 0.717) is 13.1 Å². The zero-order chi connectivity index (χ0) is 13.6. The van der Waals surface area contributed by atoms with Crippen LogP contribution in [-0.4, -0.2) is 41.3 Å². The highest BCUT2D eigenvalue weighted by atomic mass is 32.2. The Morgan fingerprint density at radius 3 is 3.05 bits per heavy atom. The second-order valence-electron chi connectivity index (χ2n) is 4.66. The molecule has 1 aromatic rings. The van der Waals surface area contributed by atoms with Gasteiger partial charge in [0, 0.05) is 23.7 Å². The van der Waals surface area contributed by atoms with Gasteiger partial charge >= 0.3 is 0 Å². The fourth-order valence-electron chi connectivity index (χ4n) is 1.89. The molecule has 1 atom stereocenters. The maximum absolute atomic E-state index is 10.3. The van der Waals surface area contributed by atoms with Crippen LogP contribution in [0.4, 0.5) is 0 Å². The molecule has 3 N–H and O–H groups in total. The standard InChI is InChI=1S/C13H21N3OS2/c1-2-14-12(15-8-11-4-3-6-19-11)16-9-13(17)5-7-18-10-13/h3-4,6,17H,2,5,7-10H2,1H3,(H2,14,15,16). The smallest absolute Gasteiger partial charge is 0.191 e. The zero-order valence-corrected chi connectivity index (χ0v) is 12.8. The highest BCUT2D eigenvalue weighted by Crippen LogP contribution is 2.26. The Kier molecular flexibility index (Phi) is 5.54. The van der Waals surface area contributed by atoms with Crippen molar-refractivity contribution in [3.8, 4) is 0 Å². The molecule has 0 aliphatic carbocycles. The molecule has 4 nitrogen and oxygen atoms in total. The van der Waals surface area contributed by atoms with E-state index in [1.165, 1.54) is 4.88 Å². The van der Waals surface area contributed by atoms with Crippen molar-refractivity contribution in [1.29, 1.82) is 0 Å². The average Bonchev–Trinajstić information content (AvgIpc) is 3.05. The number of rotatable bonds is 5. The summed E-state index contributed by atoms with van der Waals surface area (Å²) in [5, 5.41) is 18.8. The van der Waals surface area contributed by atoms with Gasteiger partial charge in [-0.1, -0.05) is 6.07 Å². The first-order chi connectivity index (χ1) is 9.22. The Hall–Kier alpha value is -0.720. The molecule has 0 bridgehead atoms. The highest BCUT2D eigenvalue weighted by molar-refractivity contribution is 7.99. The molecule has 1 unspecified atom stereocenters. The second-order valence-corrected chi connectivity index (χ2v) is 6.79. The Morgan fingerprint density at radius 1 is 1.53 bits per heavy atom. The van der Waals surface area contributed by atoms with Crippen molar-refractivity contribution in [2.45, 2.75) is 25.5 Å². The molecule has 1 fully saturated rings. The van der Waals surface area contributed by atoms with E-state index in [0.717, 1.165) is 30.4 Å². The molecule has 1 aliphatic rings. The quantitative estimate of drug-likeness (QED) is 0.572. The highest BCUT2D eigenvalue weighted by Gasteiger charge is 2.31. The molecule has 1 saturated heterocycles. The average molecular weight is 299 g/mol. The Morgan fingerprint density at radius 2 is 2.42 bits per heavy atom. The lowest BCUT2D eigenvalue weighted by atomic mass is 10.0.